The van der Waals surface area contributed by atoms with Gasteiger partial charge in [-0.05, 0) is 134 Å². The molecule has 0 unspecified atom stereocenters. The smallest absolute Gasteiger partial charge is 0.330 e. The minimum Gasteiger partial charge on any atom is -0.494 e. The summed E-state index contributed by atoms with van der Waals surface area (Å²) in [4.78, 5) is 53.8. The van der Waals surface area contributed by atoms with Crippen LogP contribution in [0.2, 0.25) is 5.02 Å². The number of esters is 2. The third-order valence-corrected chi connectivity index (χ3v) is 9.54. The predicted molar refractivity (Wildman–Crippen MR) is 210 cm³/mol. The lowest BCUT2D eigenvalue weighted by atomic mass is 10.2. The summed E-state index contributed by atoms with van der Waals surface area (Å²) in [6.07, 6.45) is 6.76. The Morgan fingerprint density at radius 2 is 1.11 bits per heavy atom. The Morgan fingerprint density at radius 3 is 1.60 bits per heavy atom. The van der Waals surface area contributed by atoms with Crippen molar-refractivity contribution >= 4 is 69.2 Å². The normalized spacial score (nSPS) is 10.7. The van der Waals surface area contributed by atoms with Crippen LogP contribution in [0.25, 0.3) is 0 Å². The number of carbonyl (C=O) groups is 4. The van der Waals surface area contributed by atoms with Crippen molar-refractivity contribution in [1.82, 2.24) is 0 Å². The summed E-state index contributed by atoms with van der Waals surface area (Å²) in [5, 5.41) is 0.161. The highest BCUT2D eigenvalue weighted by atomic mass is 35.5. The van der Waals surface area contributed by atoms with Crippen molar-refractivity contribution in [2.75, 3.05) is 26.4 Å². The molecular weight excluding hydrogens is 734 g/mol. The first-order valence-corrected chi connectivity index (χ1v) is 18.7. The quantitative estimate of drug-likeness (QED) is 0.0283. The van der Waals surface area contributed by atoms with Gasteiger partial charge in [0.1, 0.15) is 11.5 Å². The van der Waals surface area contributed by atoms with E-state index in [1.165, 1.54) is 0 Å². The van der Waals surface area contributed by atoms with Crippen LogP contribution in [-0.2, 0) is 19.1 Å². The number of unbranched alkanes of at least 4 members (excludes halogenated alkanes) is 2. The third-order valence-electron chi connectivity index (χ3n) is 7.19. The lowest BCUT2D eigenvalue weighted by Gasteiger charge is -2.08. The molecule has 0 amide bonds. The van der Waals surface area contributed by atoms with E-state index in [0.29, 0.717) is 83.9 Å². The molecule has 4 rings (SSSR count). The van der Waals surface area contributed by atoms with Gasteiger partial charge >= 0.3 is 11.9 Å². The van der Waals surface area contributed by atoms with Gasteiger partial charge in [0.25, 0.3) is 0 Å². The molecule has 12 heteroatoms. The molecule has 4 aromatic rings. The zero-order valence-corrected chi connectivity index (χ0v) is 31.3. The number of aliphatic imine (C=N–C) groups is 1. The van der Waals surface area contributed by atoms with E-state index in [4.69, 9.17) is 30.5 Å². The molecule has 274 valence electrons. The summed E-state index contributed by atoms with van der Waals surface area (Å²) in [5.74, 6) is 0.422. The summed E-state index contributed by atoms with van der Waals surface area (Å²) in [7, 11) is 0. The first-order valence-electron chi connectivity index (χ1n) is 16.7. The third kappa shape index (κ3) is 14.4. The summed E-state index contributed by atoms with van der Waals surface area (Å²) in [5.41, 5.74) is 2.54. The first-order chi connectivity index (χ1) is 25.7. The molecule has 4 aromatic carbocycles. The van der Waals surface area contributed by atoms with Gasteiger partial charge in [-0.15, -0.1) is 0 Å². The van der Waals surface area contributed by atoms with Crippen molar-refractivity contribution < 1.29 is 38.1 Å². The lowest BCUT2D eigenvalue weighted by Crippen LogP contribution is -2.04. The average molecular weight is 772 g/mol. The van der Waals surface area contributed by atoms with Crippen molar-refractivity contribution in [2.45, 2.75) is 35.5 Å². The van der Waals surface area contributed by atoms with Crippen LogP contribution in [0.5, 0.6) is 11.5 Å². The molecule has 0 atom stereocenters. The molecule has 0 aliphatic carbocycles. The molecule has 0 fully saturated rings. The van der Waals surface area contributed by atoms with E-state index in [2.05, 4.69) is 18.2 Å². The van der Waals surface area contributed by atoms with Crippen LogP contribution in [0.1, 0.15) is 52.0 Å². The topological polar surface area (TPSA) is 118 Å². The van der Waals surface area contributed by atoms with E-state index >= 15 is 0 Å². The lowest BCUT2D eigenvalue weighted by molar-refractivity contribution is -0.138. The monoisotopic (exact) mass is 771 g/mol. The minimum atomic E-state index is -0.441. The predicted octanol–water partition coefficient (Wildman–Crippen LogP) is 9.73. The molecule has 0 heterocycles. The Labute approximate surface area is 322 Å². The number of halogens is 1. The molecule has 0 aromatic heterocycles. The number of nitrogens with zero attached hydrogens (tertiary/aromatic N) is 1. The Hall–Kier alpha value is -5.10. The number of carbonyl (C=O) groups excluding carboxylic acids is 4. The van der Waals surface area contributed by atoms with Crippen LogP contribution in [0.4, 0.5) is 5.69 Å². The second-order valence-corrected chi connectivity index (χ2v) is 13.6. The maximum atomic E-state index is 12.9. The number of benzene rings is 4. The molecule has 0 saturated carbocycles. The molecule has 0 N–H and O–H groups in total. The Bertz CT molecular complexity index is 1900. The summed E-state index contributed by atoms with van der Waals surface area (Å²) in [6.45, 7) is 8.27. The van der Waals surface area contributed by atoms with E-state index in [1.54, 1.807) is 72.9 Å². The van der Waals surface area contributed by atoms with Crippen LogP contribution in [0, 0.1) is 0 Å². The zero-order chi connectivity index (χ0) is 37.8. The van der Waals surface area contributed by atoms with Crippen LogP contribution < -0.4 is 9.47 Å². The number of rotatable bonds is 20. The highest BCUT2D eigenvalue weighted by Crippen LogP contribution is 2.33. The number of thioether (sulfide) groups is 2. The van der Waals surface area contributed by atoms with Crippen LogP contribution >= 0.6 is 35.1 Å². The van der Waals surface area contributed by atoms with Crippen LogP contribution in [-0.4, -0.2) is 54.8 Å². The fourth-order valence-electron chi connectivity index (χ4n) is 4.37. The van der Waals surface area contributed by atoms with Gasteiger partial charge in [-0.2, -0.15) is 0 Å². The first kappa shape index (κ1) is 40.7. The molecule has 0 aliphatic rings. The van der Waals surface area contributed by atoms with Gasteiger partial charge in [0.05, 0.1) is 37.1 Å². The molecular formula is C41H38ClNO8S2. The molecule has 0 spiro atoms. The minimum absolute atomic E-state index is 0.0897. The van der Waals surface area contributed by atoms with E-state index in [0.717, 1.165) is 52.6 Å². The fourth-order valence-corrected chi connectivity index (χ4v) is 6.15. The molecule has 0 bridgehead atoms. The van der Waals surface area contributed by atoms with Gasteiger partial charge in [-0.3, -0.25) is 14.6 Å². The highest BCUT2D eigenvalue weighted by Gasteiger charge is 2.12. The van der Waals surface area contributed by atoms with Gasteiger partial charge in [-0.1, -0.05) is 36.9 Å². The number of ether oxygens (including phenoxy) is 4. The van der Waals surface area contributed by atoms with E-state index in [1.807, 2.05) is 24.3 Å². The maximum Gasteiger partial charge on any atom is 0.330 e. The SMILES string of the molecule is C=CC(=O)OCCCCOc1ccc(C(=O)Sc2ccc(/C=N/c3ccc(SC(=O)c4ccc(OCCCCOC(=O)C=C)cc4)c(Cl)c3)cc2)cc1. The van der Waals surface area contributed by atoms with Crippen molar-refractivity contribution in [3.63, 3.8) is 0 Å². The molecule has 0 saturated heterocycles. The van der Waals surface area contributed by atoms with Crippen LogP contribution in [0.15, 0.2) is 131 Å². The van der Waals surface area contributed by atoms with Gasteiger partial charge < -0.3 is 18.9 Å². The maximum absolute atomic E-state index is 12.9. The molecule has 9 nitrogen and oxygen atoms in total. The van der Waals surface area contributed by atoms with Gasteiger partial charge in [-0.25, -0.2) is 9.59 Å². The van der Waals surface area contributed by atoms with Crippen molar-refractivity contribution in [3.8, 4) is 11.5 Å². The number of hydrogen-bond acceptors (Lipinski definition) is 11. The summed E-state index contributed by atoms with van der Waals surface area (Å²) < 4.78 is 21.3. The molecule has 0 radical (unpaired) electrons. The van der Waals surface area contributed by atoms with E-state index < -0.39 is 11.9 Å². The van der Waals surface area contributed by atoms with Gasteiger partial charge in [0, 0.05) is 39.3 Å². The largest absolute Gasteiger partial charge is 0.494 e. The Balaban J connectivity index is 1.19. The van der Waals surface area contributed by atoms with Gasteiger partial charge in [0.2, 0.25) is 10.2 Å². The standard InChI is InChI=1S/C41H38ClNO8S2/c1-3-38(44)50-25-7-5-23-48-33-16-11-30(12-17-33)40(46)52-35-20-9-29(10-21-35)28-43-32-15-22-37(36(42)27-32)53-41(47)31-13-18-34(19-14-31)49-24-6-8-26-51-39(45)4-2/h3-4,9-22,27-28H,1-2,5-8,23-26H2/b43-28+. The van der Waals surface area contributed by atoms with E-state index in [9.17, 15) is 19.2 Å². The van der Waals surface area contributed by atoms with Gasteiger partial charge in [0.15, 0.2) is 0 Å². The highest BCUT2D eigenvalue weighted by molar-refractivity contribution is 8.14. The Morgan fingerprint density at radius 1 is 0.623 bits per heavy atom. The van der Waals surface area contributed by atoms with Crippen molar-refractivity contribution in [3.05, 3.63) is 138 Å². The molecule has 53 heavy (non-hydrogen) atoms. The Kier molecular flexibility index (Phi) is 16.9. The second-order valence-electron chi connectivity index (χ2n) is 11.1. The van der Waals surface area contributed by atoms with E-state index in [-0.39, 0.29) is 10.2 Å². The summed E-state index contributed by atoms with van der Waals surface area (Å²) in [6, 6.07) is 26.6. The second kappa shape index (κ2) is 22.1. The van der Waals surface area contributed by atoms with Crippen molar-refractivity contribution in [1.29, 1.82) is 0 Å². The van der Waals surface area contributed by atoms with Crippen LogP contribution in [0.3, 0.4) is 0 Å². The average Bonchev–Trinajstić information content (AvgIpc) is 3.18. The zero-order valence-electron chi connectivity index (χ0n) is 28.9. The summed E-state index contributed by atoms with van der Waals surface area (Å²) >= 11 is 8.67. The number of hydrogen-bond donors (Lipinski definition) is 0. The van der Waals surface area contributed by atoms with Crippen molar-refractivity contribution in [2.24, 2.45) is 4.99 Å². The fraction of sp³-hybridized carbons (Fsp3) is 0.195. The molecule has 0 aliphatic heterocycles.